The van der Waals surface area contributed by atoms with Crippen LogP contribution in [0, 0.1) is 27.7 Å². The monoisotopic (exact) mass is 216 g/mol. The highest BCUT2D eigenvalue weighted by Gasteiger charge is 2.12. The fourth-order valence-corrected chi connectivity index (χ4v) is 2.92. The fourth-order valence-electron chi connectivity index (χ4n) is 1.42. The molecule has 0 saturated heterocycles. The molecular formula is C10H13ClOS. The summed E-state index contributed by atoms with van der Waals surface area (Å²) in [4.78, 5) is 0.777. The average molecular weight is 217 g/mol. The van der Waals surface area contributed by atoms with Crippen LogP contribution in [0.25, 0.3) is 0 Å². The topological polar surface area (TPSA) is 17.1 Å². The van der Waals surface area contributed by atoms with E-state index in [1.807, 2.05) is 27.7 Å². The molecule has 0 saturated carbocycles. The van der Waals surface area contributed by atoms with Gasteiger partial charge in [-0.3, -0.25) is 0 Å². The molecule has 1 nitrogen and oxygen atoms in total. The average Bonchev–Trinajstić information content (AvgIpc) is 2.01. The van der Waals surface area contributed by atoms with Crippen LogP contribution >= 0.6 is 10.7 Å². The zero-order chi connectivity index (χ0) is 10.2. The second-order valence-electron chi connectivity index (χ2n) is 3.31. The highest BCUT2D eigenvalue weighted by Crippen LogP contribution is 2.25. The van der Waals surface area contributed by atoms with Crippen LogP contribution in [0.5, 0.6) is 0 Å². The van der Waals surface area contributed by atoms with Crippen molar-refractivity contribution in [3.63, 3.8) is 0 Å². The van der Waals surface area contributed by atoms with Crippen molar-refractivity contribution < 1.29 is 4.21 Å². The summed E-state index contributed by atoms with van der Waals surface area (Å²) in [6.45, 7) is 7.93. The third-order valence-electron chi connectivity index (χ3n) is 2.46. The van der Waals surface area contributed by atoms with Gasteiger partial charge >= 0.3 is 0 Å². The molecule has 1 aromatic carbocycles. The molecule has 0 aromatic heterocycles. The number of aryl methyl sites for hydroxylation is 2. The summed E-state index contributed by atoms with van der Waals surface area (Å²) in [6.07, 6.45) is 0. The van der Waals surface area contributed by atoms with Gasteiger partial charge in [-0.15, -0.1) is 0 Å². The minimum atomic E-state index is -1.40. The predicted molar refractivity (Wildman–Crippen MR) is 57.7 cm³/mol. The highest BCUT2D eigenvalue weighted by molar-refractivity contribution is 8.08. The summed E-state index contributed by atoms with van der Waals surface area (Å²) in [7, 11) is 4.23. The van der Waals surface area contributed by atoms with Gasteiger partial charge in [0.2, 0.25) is 0 Å². The van der Waals surface area contributed by atoms with E-state index in [2.05, 4.69) is 6.07 Å². The highest BCUT2D eigenvalue weighted by atomic mass is 35.7. The Kier molecular flexibility index (Phi) is 3.14. The van der Waals surface area contributed by atoms with Crippen molar-refractivity contribution in [1.82, 2.24) is 0 Å². The normalized spacial score (nSPS) is 13.0. The van der Waals surface area contributed by atoms with Crippen LogP contribution in [-0.4, -0.2) is 4.21 Å². The third kappa shape index (κ3) is 1.94. The van der Waals surface area contributed by atoms with E-state index in [1.54, 1.807) is 0 Å². The first-order valence-electron chi connectivity index (χ1n) is 4.10. The molecule has 1 rings (SSSR count). The van der Waals surface area contributed by atoms with E-state index in [1.165, 1.54) is 0 Å². The van der Waals surface area contributed by atoms with Crippen LogP contribution in [0.3, 0.4) is 0 Å². The Balaban J connectivity index is 3.56. The predicted octanol–water partition coefficient (Wildman–Crippen LogP) is 3.18. The standard InChI is InChI=1S/C10H13ClOS/c1-6-5-7(2)9(4)10(8(6)3)13(11)12/h5H,1-4H3. The van der Waals surface area contributed by atoms with Gasteiger partial charge in [0.25, 0.3) is 0 Å². The zero-order valence-corrected chi connectivity index (χ0v) is 9.84. The van der Waals surface area contributed by atoms with E-state index < -0.39 is 10.0 Å². The molecule has 0 heterocycles. The Morgan fingerprint density at radius 2 is 1.46 bits per heavy atom. The van der Waals surface area contributed by atoms with E-state index in [0.717, 1.165) is 27.1 Å². The number of rotatable bonds is 1. The van der Waals surface area contributed by atoms with Gasteiger partial charge in [0.1, 0.15) is 10.0 Å². The molecule has 1 unspecified atom stereocenters. The molecule has 13 heavy (non-hydrogen) atoms. The lowest BCUT2D eigenvalue weighted by molar-refractivity contribution is 0.690. The third-order valence-corrected chi connectivity index (χ3v) is 3.85. The molecule has 0 bridgehead atoms. The zero-order valence-electron chi connectivity index (χ0n) is 8.27. The first-order valence-corrected chi connectivity index (χ1v) is 6.08. The van der Waals surface area contributed by atoms with E-state index in [-0.39, 0.29) is 0 Å². The van der Waals surface area contributed by atoms with Crippen molar-refractivity contribution in [2.24, 2.45) is 0 Å². The molecule has 0 N–H and O–H groups in total. The molecule has 3 heteroatoms. The lowest BCUT2D eigenvalue weighted by Gasteiger charge is -2.11. The lowest BCUT2D eigenvalue weighted by Crippen LogP contribution is -1.97. The van der Waals surface area contributed by atoms with Gasteiger partial charge in [-0.05, 0) is 60.6 Å². The first kappa shape index (κ1) is 10.7. The molecule has 1 aromatic rings. The van der Waals surface area contributed by atoms with E-state index in [9.17, 15) is 4.21 Å². The number of hydrogen-bond acceptors (Lipinski definition) is 1. The van der Waals surface area contributed by atoms with Crippen LogP contribution in [0.4, 0.5) is 0 Å². The van der Waals surface area contributed by atoms with Crippen LogP contribution in [0.15, 0.2) is 11.0 Å². The minimum Gasteiger partial charge on any atom is -0.237 e. The smallest absolute Gasteiger partial charge is 0.148 e. The SMILES string of the molecule is Cc1cc(C)c(C)c(S(=O)Cl)c1C. The summed E-state index contributed by atoms with van der Waals surface area (Å²) < 4.78 is 11.3. The number of halogens is 1. The van der Waals surface area contributed by atoms with Gasteiger partial charge in [0, 0.05) is 0 Å². The summed E-state index contributed by atoms with van der Waals surface area (Å²) in [6, 6.07) is 2.10. The Labute approximate surface area is 86.1 Å². The lowest BCUT2D eigenvalue weighted by atomic mass is 10.0. The molecule has 1 atom stereocenters. The summed E-state index contributed by atoms with van der Waals surface area (Å²) >= 11 is 0. The van der Waals surface area contributed by atoms with Crippen molar-refractivity contribution in [1.29, 1.82) is 0 Å². The second-order valence-corrected chi connectivity index (χ2v) is 5.01. The van der Waals surface area contributed by atoms with Gasteiger partial charge < -0.3 is 0 Å². The summed E-state index contributed by atoms with van der Waals surface area (Å²) in [5.41, 5.74) is 4.37. The summed E-state index contributed by atoms with van der Waals surface area (Å²) in [5.74, 6) is 0. The minimum absolute atomic E-state index is 0.777. The Hall–Kier alpha value is -0.340. The second kappa shape index (κ2) is 3.81. The van der Waals surface area contributed by atoms with Gasteiger partial charge in [-0.2, -0.15) is 0 Å². The van der Waals surface area contributed by atoms with E-state index >= 15 is 0 Å². The molecule has 0 aliphatic rings. The fraction of sp³-hybridized carbons (Fsp3) is 0.400. The van der Waals surface area contributed by atoms with Crippen molar-refractivity contribution in [2.45, 2.75) is 32.6 Å². The molecule has 72 valence electrons. The maximum atomic E-state index is 11.3. The quantitative estimate of drug-likeness (QED) is 0.659. The van der Waals surface area contributed by atoms with E-state index in [0.29, 0.717) is 0 Å². The molecule has 0 fully saturated rings. The molecule has 0 amide bonds. The van der Waals surface area contributed by atoms with Crippen LogP contribution in [-0.2, 0) is 10.0 Å². The largest absolute Gasteiger partial charge is 0.237 e. The van der Waals surface area contributed by atoms with Crippen molar-refractivity contribution in [3.05, 3.63) is 28.3 Å². The Morgan fingerprint density at radius 3 is 1.77 bits per heavy atom. The summed E-state index contributed by atoms with van der Waals surface area (Å²) in [5, 5.41) is 0. The van der Waals surface area contributed by atoms with Gasteiger partial charge in [-0.1, -0.05) is 6.07 Å². The van der Waals surface area contributed by atoms with E-state index in [4.69, 9.17) is 10.7 Å². The van der Waals surface area contributed by atoms with Crippen molar-refractivity contribution >= 4 is 20.7 Å². The molecule has 0 radical (unpaired) electrons. The van der Waals surface area contributed by atoms with Gasteiger partial charge in [0.15, 0.2) is 0 Å². The van der Waals surface area contributed by atoms with Crippen LogP contribution < -0.4 is 0 Å². The molecule has 0 aliphatic carbocycles. The van der Waals surface area contributed by atoms with Gasteiger partial charge in [0.05, 0.1) is 4.90 Å². The Morgan fingerprint density at radius 1 is 1.08 bits per heavy atom. The van der Waals surface area contributed by atoms with Crippen molar-refractivity contribution in [3.8, 4) is 0 Å². The van der Waals surface area contributed by atoms with Crippen LogP contribution in [0.1, 0.15) is 22.3 Å². The number of benzene rings is 1. The first-order chi connectivity index (χ1) is 5.95. The molecule has 0 aliphatic heterocycles. The molecule has 0 spiro atoms. The van der Waals surface area contributed by atoms with Crippen molar-refractivity contribution in [2.75, 3.05) is 0 Å². The molecular weight excluding hydrogens is 204 g/mol. The maximum absolute atomic E-state index is 11.3. The number of hydrogen-bond donors (Lipinski definition) is 0. The Bertz CT molecular complexity index is 345. The maximum Gasteiger partial charge on any atom is 0.148 e. The van der Waals surface area contributed by atoms with Gasteiger partial charge in [-0.25, -0.2) is 4.21 Å². The van der Waals surface area contributed by atoms with Crippen LogP contribution in [0.2, 0.25) is 0 Å².